The van der Waals surface area contributed by atoms with Gasteiger partial charge in [-0.2, -0.15) is 0 Å². The molecular formula is C10H17N. The molecule has 1 nitrogen and oxygen atoms in total. The van der Waals surface area contributed by atoms with Crippen molar-refractivity contribution in [2.75, 3.05) is 0 Å². The van der Waals surface area contributed by atoms with E-state index in [0.717, 1.165) is 23.7 Å². The van der Waals surface area contributed by atoms with Crippen molar-refractivity contribution in [1.29, 1.82) is 0 Å². The van der Waals surface area contributed by atoms with Crippen LogP contribution in [0.15, 0.2) is 0 Å². The molecule has 3 aliphatic carbocycles. The summed E-state index contributed by atoms with van der Waals surface area (Å²) in [6.07, 6.45) is 7.36. The van der Waals surface area contributed by atoms with Gasteiger partial charge in [0.25, 0.3) is 0 Å². The fourth-order valence-corrected chi connectivity index (χ4v) is 4.12. The Labute approximate surface area is 68.3 Å². The van der Waals surface area contributed by atoms with Crippen LogP contribution in [0.1, 0.15) is 32.1 Å². The van der Waals surface area contributed by atoms with E-state index in [1.165, 1.54) is 32.1 Å². The van der Waals surface area contributed by atoms with E-state index in [1.807, 2.05) is 0 Å². The minimum atomic E-state index is 0.583. The summed E-state index contributed by atoms with van der Waals surface area (Å²) >= 11 is 0. The number of hydrogen-bond donors (Lipinski definition) is 1. The van der Waals surface area contributed by atoms with Crippen LogP contribution in [0, 0.1) is 23.7 Å². The van der Waals surface area contributed by atoms with Crippen molar-refractivity contribution in [2.45, 2.75) is 38.1 Å². The lowest BCUT2D eigenvalue weighted by molar-refractivity contribution is 0.234. The molecule has 62 valence electrons. The highest BCUT2D eigenvalue weighted by Crippen LogP contribution is 2.58. The molecule has 0 aromatic carbocycles. The highest BCUT2D eigenvalue weighted by molar-refractivity contribution is 5.04. The van der Waals surface area contributed by atoms with E-state index in [2.05, 4.69) is 0 Å². The molecule has 0 saturated heterocycles. The maximum atomic E-state index is 6.08. The second-order valence-electron chi connectivity index (χ2n) is 4.82. The van der Waals surface area contributed by atoms with Gasteiger partial charge in [0.2, 0.25) is 0 Å². The molecule has 0 radical (unpaired) electrons. The van der Waals surface area contributed by atoms with Crippen LogP contribution in [0.25, 0.3) is 0 Å². The molecule has 2 unspecified atom stereocenters. The first-order valence-electron chi connectivity index (χ1n) is 5.12. The van der Waals surface area contributed by atoms with Crippen LogP contribution >= 0.6 is 0 Å². The highest BCUT2D eigenvalue weighted by Gasteiger charge is 2.52. The Morgan fingerprint density at radius 1 is 0.909 bits per heavy atom. The van der Waals surface area contributed by atoms with E-state index in [4.69, 9.17) is 5.73 Å². The van der Waals surface area contributed by atoms with E-state index >= 15 is 0 Å². The maximum absolute atomic E-state index is 6.08. The molecule has 1 heteroatoms. The molecule has 5 atom stereocenters. The minimum Gasteiger partial charge on any atom is -0.327 e. The molecule has 0 aromatic heterocycles. The van der Waals surface area contributed by atoms with Gasteiger partial charge in [-0.1, -0.05) is 6.42 Å². The van der Waals surface area contributed by atoms with Crippen LogP contribution in [-0.4, -0.2) is 6.04 Å². The summed E-state index contributed by atoms with van der Waals surface area (Å²) in [5.41, 5.74) is 6.08. The third-order valence-electron chi connectivity index (χ3n) is 4.48. The lowest BCUT2D eigenvalue weighted by atomic mass is 9.79. The topological polar surface area (TPSA) is 26.0 Å². The largest absolute Gasteiger partial charge is 0.327 e. The molecule has 0 amide bonds. The Hall–Kier alpha value is -0.0400. The van der Waals surface area contributed by atoms with E-state index in [9.17, 15) is 0 Å². The number of hydrogen-bond acceptors (Lipinski definition) is 1. The van der Waals surface area contributed by atoms with Gasteiger partial charge in [-0.05, 0) is 49.4 Å². The Kier molecular flexibility index (Phi) is 1.18. The van der Waals surface area contributed by atoms with Gasteiger partial charge in [0.05, 0.1) is 0 Å². The SMILES string of the molecule is N[C@@H]1C[C@@H]2C[C@H]1C1CCCC12. The smallest absolute Gasteiger partial charge is 0.00727 e. The van der Waals surface area contributed by atoms with Crippen molar-refractivity contribution in [3.8, 4) is 0 Å². The van der Waals surface area contributed by atoms with Crippen molar-refractivity contribution in [2.24, 2.45) is 29.4 Å². The van der Waals surface area contributed by atoms with Crippen LogP contribution in [0.5, 0.6) is 0 Å². The standard InChI is InChI=1S/C10H17N/c11-10-5-6-4-9(10)8-3-1-2-7(6)8/h6-10H,1-5,11H2/t6-,7?,8?,9-,10+/m0/s1. The summed E-state index contributed by atoms with van der Waals surface area (Å²) in [5, 5.41) is 0. The zero-order valence-corrected chi connectivity index (χ0v) is 7.00. The van der Waals surface area contributed by atoms with Crippen molar-refractivity contribution in [3.63, 3.8) is 0 Å². The number of fused-ring (bicyclic) bond motifs is 5. The lowest BCUT2D eigenvalue weighted by Gasteiger charge is -2.28. The predicted molar refractivity (Wildman–Crippen MR) is 45.0 cm³/mol. The van der Waals surface area contributed by atoms with E-state index in [-0.39, 0.29) is 0 Å². The number of rotatable bonds is 0. The molecule has 11 heavy (non-hydrogen) atoms. The maximum Gasteiger partial charge on any atom is 0.00727 e. The van der Waals surface area contributed by atoms with Gasteiger partial charge < -0.3 is 5.73 Å². The normalized spacial score (nSPS) is 60.3. The fourth-order valence-electron chi connectivity index (χ4n) is 4.12. The summed E-state index contributed by atoms with van der Waals surface area (Å²) < 4.78 is 0. The summed E-state index contributed by atoms with van der Waals surface area (Å²) in [4.78, 5) is 0. The van der Waals surface area contributed by atoms with Gasteiger partial charge >= 0.3 is 0 Å². The first-order valence-corrected chi connectivity index (χ1v) is 5.12. The second-order valence-corrected chi connectivity index (χ2v) is 4.82. The lowest BCUT2D eigenvalue weighted by Crippen LogP contribution is -2.34. The van der Waals surface area contributed by atoms with Crippen LogP contribution < -0.4 is 5.73 Å². The Morgan fingerprint density at radius 2 is 1.73 bits per heavy atom. The number of nitrogens with two attached hydrogens (primary N) is 1. The van der Waals surface area contributed by atoms with Crippen molar-refractivity contribution in [1.82, 2.24) is 0 Å². The van der Waals surface area contributed by atoms with Crippen LogP contribution in [-0.2, 0) is 0 Å². The molecule has 0 aliphatic heterocycles. The molecule has 3 fully saturated rings. The quantitative estimate of drug-likeness (QED) is 0.561. The summed E-state index contributed by atoms with van der Waals surface area (Å²) in [5.74, 6) is 4.15. The van der Waals surface area contributed by atoms with Crippen molar-refractivity contribution in [3.05, 3.63) is 0 Å². The van der Waals surface area contributed by atoms with Crippen LogP contribution in [0.3, 0.4) is 0 Å². The minimum absolute atomic E-state index is 0.583. The third kappa shape index (κ3) is 0.703. The first-order chi connectivity index (χ1) is 5.36. The Balaban J connectivity index is 1.90. The molecule has 2 bridgehead atoms. The molecule has 2 N–H and O–H groups in total. The summed E-state index contributed by atoms with van der Waals surface area (Å²) in [7, 11) is 0. The van der Waals surface area contributed by atoms with E-state index < -0.39 is 0 Å². The van der Waals surface area contributed by atoms with Gasteiger partial charge in [0.15, 0.2) is 0 Å². The fraction of sp³-hybridized carbons (Fsp3) is 1.00. The zero-order valence-electron chi connectivity index (χ0n) is 7.00. The average molecular weight is 151 g/mol. The Morgan fingerprint density at radius 3 is 2.64 bits per heavy atom. The van der Waals surface area contributed by atoms with E-state index in [1.54, 1.807) is 0 Å². The monoisotopic (exact) mass is 151 g/mol. The Bertz CT molecular complexity index is 178. The summed E-state index contributed by atoms with van der Waals surface area (Å²) in [6.45, 7) is 0. The van der Waals surface area contributed by atoms with Gasteiger partial charge in [-0.15, -0.1) is 0 Å². The van der Waals surface area contributed by atoms with Gasteiger partial charge in [-0.3, -0.25) is 0 Å². The predicted octanol–water partition coefficient (Wildman–Crippen LogP) is 1.77. The zero-order chi connectivity index (χ0) is 7.42. The van der Waals surface area contributed by atoms with Gasteiger partial charge in [0, 0.05) is 6.04 Å². The molecular weight excluding hydrogens is 134 g/mol. The van der Waals surface area contributed by atoms with Crippen molar-refractivity contribution < 1.29 is 0 Å². The van der Waals surface area contributed by atoms with Crippen LogP contribution in [0.2, 0.25) is 0 Å². The summed E-state index contributed by atoms with van der Waals surface area (Å²) in [6, 6.07) is 0.583. The molecule has 0 aromatic rings. The molecule has 0 heterocycles. The third-order valence-corrected chi connectivity index (χ3v) is 4.48. The average Bonchev–Trinajstić information content (AvgIpc) is 2.52. The first kappa shape index (κ1) is 6.47. The van der Waals surface area contributed by atoms with Crippen molar-refractivity contribution >= 4 is 0 Å². The van der Waals surface area contributed by atoms with Gasteiger partial charge in [-0.25, -0.2) is 0 Å². The van der Waals surface area contributed by atoms with E-state index in [0.29, 0.717) is 6.04 Å². The molecule has 3 saturated carbocycles. The molecule has 3 aliphatic rings. The second kappa shape index (κ2) is 2.01. The van der Waals surface area contributed by atoms with Gasteiger partial charge in [0.1, 0.15) is 0 Å². The molecule has 0 spiro atoms. The van der Waals surface area contributed by atoms with Crippen LogP contribution in [0.4, 0.5) is 0 Å². The molecule has 3 rings (SSSR count). The highest BCUT2D eigenvalue weighted by atomic mass is 14.7.